The van der Waals surface area contributed by atoms with E-state index in [9.17, 15) is 9.59 Å². The van der Waals surface area contributed by atoms with Crippen molar-refractivity contribution in [2.24, 2.45) is 0 Å². The molecule has 2 amide bonds. The zero-order valence-electron chi connectivity index (χ0n) is 19.0. The lowest BCUT2D eigenvalue weighted by Gasteiger charge is -2.31. The minimum Gasteiger partial charge on any atom is -0.497 e. The zero-order valence-corrected chi connectivity index (χ0v) is 21.3. The van der Waals surface area contributed by atoms with E-state index in [2.05, 4.69) is 21.2 Å². The standard InChI is InChI=1S/C25H30BrClN2O4/c1-17(25(31)28-20-6-4-3-5-7-20)29(15-18-8-11-21(32-2)12-9-18)24(30)16-33-23-13-10-19(27)14-22(23)26/h8-14,17,20H,3-7,15-16H2,1-2H3,(H,28,31). The summed E-state index contributed by atoms with van der Waals surface area (Å²) in [5, 5.41) is 3.70. The Morgan fingerprint density at radius 1 is 1.15 bits per heavy atom. The van der Waals surface area contributed by atoms with E-state index in [4.69, 9.17) is 21.1 Å². The fraction of sp³-hybridized carbons (Fsp3) is 0.440. The highest BCUT2D eigenvalue weighted by atomic mass is 79.9. The molecule has 0 bridgehead atoms. The molecule has 0 aromatic heterocycles. The summed E-state index contributed by atoms with van der Waals surface area (Å²) >= 11 is 9.38. The van der Waals surface area contributed by atoms with Gasteiger partial charge in [-0.25, -0.2) is 0 Å². The smallest absolute Gasteiger partial charge is 0.261 e. The van der Waals surface area contributed by atoms with Crippen LogP contribution in [0.25, 0.3) is 0 Å². The number of amides is 2. The number of hydrogen-bond acceptors (Lipinski definition) is 4. The summed E-state index contributed by atoms with van der Waals surface area (Å²) in [5.74, 6) is 0.822. The topological polar surface area (TPSA) is 67.9 Å². The van der Waals surface area contributed by atoms with Gasteiger partial charge in [0.2, 0.25) is 5.91 Å². The van der Waals surface area contributed by atoms with Gasteiger partial charge in [0, 0.05) is 17.6 Å². The fourth-order valence-electron chi connectivity index (χ4n) is 3.89. The number of ether oxygens (including phenoxy) is 2. The molecule has 0 saturated heterocycles. The van der Waals surface area contributed by atoms with Crippen molar-refractivity contribution < 1.29 is 19.1 Å². The molecule has 6 nitrogen and oxygen atoms in total. The number of nitrogens with zero attached hydrogens (tertiary/aromatic N) is 1. The van der Waals surface area contributed by atoms with Gasteiger partial charge in [-0.05, 0) is 71.6 Å². The Bertz CT molecular complexity index is 948. The van der Waals surface area contributed by atoms with Crippen molar-refractivity contribution in [3.05, 3.63) is 57.5 Å². The number of carbonyl (C=O) groups excluding carboxylic acids is 2. The third kappa shape index (κ3) is 7.37. The maximum atomic E-state index is 13.2. The van der Waals surface area contributed by atoms with Crippen LogP contribution in [-0.2, 0) is 16.1 Å². The highest BCUT2D eigenvalue weighted by Gasteiger charge is 2.28. The van der Waals surface area contributed by atoms with Gasteiger partial charge in [0.15, 0.2) is 6.61 Å². The van der Waals surface area contributed by atoms with Gasteiger partial charge in [0.1, 0.15) is 17.5 Å². The van der Waals surface area contributed by atoms with Crippen LogP contribution in [-0.4, -0.2) is 42.5 Å². The lowest BCUT2D eigenvalue weighted by atomic mass is 9.95. The van der Waals surface area contributed by atoms with Crippen molar-refractivity contribution in [1.29, 1.82) is 0 Å². The Morgan fingerprint density at radius 3 is 2.48 bits per heavy atom. The molecule has 0 radical (unpaired) electrons. The van der Waals surface area contributed by atoms with E-state index in [1.165, 1.54) is 6.42 Å². The molecule has 1 aliphatic carbocycles. The third-order valence-electron chi connectivity index (χ3n) is 5.88. The van der Waals surface area contributed by atoms with Gasteiger partial charge in [-0.3, -0.25) is 9.59 Å². The maximum absolute atomic E-state index is 13.2. The van der Waals surface area contributed by atoms with Crippen molar-refractivity contribution >= 4 is 39.3 Å². The zero-order chi connectivity index (χ0) is 23.8. The van der Waals surface area contributed by atoms with E-state index < -0.39 is 6.04 Å². The Balaban J connectivity index is 1.72. The highest BCUT2D eigenvalue weighted by Crippen LogP contribution is 2.28. The molecular formula is C25H30BrClN2O4. The number of methoxy groups -OCH3 is 1. The van der Waals surface area contributed by atoms with Crippen LogP contribution in [0.1, 0.15) is 44.6 Å². The van der Waals surface area contributed by atoms with E-state index >= 15 is 0 Å². The molecule has 178 valence electrons. The molecule has 2 aromatic rings. The molecule has 1 aliphatic rings. The van der Waals surface area contributed by atoms with E-state index in [-0.39, 0.29) is 31.0 Å². The third-order valence-corrected chi connectivity index (χ3v) is 6.73. The second-order valence-corrected chi connectivity index (χ2v) is 9.54. The fourth-order valence-corrected chi connectivity index (χ4v) is 4.69. The predicted molar refractivity (Wildman–Crippen MR) is 133 cm³/mol. The summed E-state index contributed by atoms with van der Waals surface area (Å²) in [6.45, 7) is 1.85. The summed E-state index contributed by atoms with van der Waals surface area (Å²) in [6.07, 6.45) is 5.42. The molecule has 0 spiro atoms. The molecule has 1 N–H and O–H groups in total. The summed E-state index contributed by atoms with van der Waals surface area (Å²) in [7, 11) is 1.61. The Labute approximate surface area is 208 Å². The molecule has 3 rings (SSSR count). The largest absolute Gasteiger partial charge is 0.497 e. The highest BCUT2D eigenvalue weighted by molar-refractivity contribution is 9.10. The van der Waals surface area contributed by atoms with E-state index in [1.54, 1.807) is 37.1 Å². The maximum Gasteiger partial charge on any atom is 0.261 e. The van der Waals surface area contributed by atoms with Crippen LogP contribution < -0.4 is 14.8 Å². The van der Waals surface area contributed by atoms with Gasteiger partial charge in [-0.15, -0.1) is 0 Å². The summed E-state index contributed by atoms with van der Waals surface area (Å²) in [5.41, 5.74) is 0.897. The van der Waals surface area contributed by atoms with Gasteiger partial charge in [-0.2, -0.15) is 0 Å². The van der Waals surface area contributed by atoms with Gasteiger partial charge < -0.3 is 19.7 Å². The van der Waals surface area contributed by atoms with Gasteiger partial charge in [0.05, 0.1) is 11.6 Å². The molecule has 1 saturated carbocycles. The number of nitrogens with one attached hydrogen (secondary N) is 1. The van der Waals surface area contributed by atoms with Crippen LogP contribution in [0.4, 0.5) is 0 Å². The minimum atomic E-state index is -0.640. The van der Waals surface area contributed by atoms with Crippen molar-refractivity contribution in [2.75, 3.05) is 13.7 Å². The van der Waals surface area contributed by atoms with Crippen molar-refractivity contribution in [3.63, 3.8) is 0 Å². The first-order chi connectivity index (χ1) is 15.9. The van der Waals surface area contributed by atoms with Gasteiger partial charge >= 0.3 is 0 Å². The molecule has 8 heteroatoms. The van der Waals surface area contributed by atoms with Crippen LogP contribution in [0.2, 0.25) is 5.02 Å². The molecule has 33 heavy (non-hydrogen) atoms. The van der Waals surface area contributed by atoms with Crippen molar-refractivity contribution in [3.8, 4) is 11.5 Å². The number of carbonyl (C=O) groups is 2. The number of rotatable bonds is 9. The molecule has 1 unspecified atom stereocenters. The van der Waals surface area contributed by atoms with Crippen LogP contribution in [0.15, 0.2) is 46.9 Å². The van der Waals surface area contributed by atoms with Gasteiger partial charge in [0.25, 0.3) is 5.91 Å². The number of benzene rings is 2. The Hall–Kier alpha value is -2.25. The average Bonchev–Trinajstić information content (AvgIpc) is 2.82. The quantitative estimate of drug-likeness (QED) is 0.468. The van der Waals surface area contributed by atoms with Gasteiger partial charge in [-0.1, -0.05) is 43.0 Å². The minimum absolute atomic E-state index is 0.142. The van der Waals surface area contributed by atoms with Crippen molar-refractivity contribution in [1.82, 2.24) is 10.2 Å². The Kier molecular flexibility index (Phi) is 9.44. The Morgan fingerprint density at radius 2 is 1.85 bits per heavy atom. The summed E-state index contributed by atoms with van der Waals surface area (Å²) < 4.78 is 11.6. The SMILES string of the molecule is COc1ccc(CN(C(=O)COc2ccc(Cl)cc2Br)C(C)C(=O)NC2CCCCC2)cc1. The first kappa shape index (κ1) is 25.4. The average molecular weight is 538 g/mol. The van der Waals surface area contributed by atoms with E-state index in [0.29, 0.717) is 15.2 Å². The molecular weight excluding hydrogens is 508 g/mol. The molecule has 2 aromatic carbocycles. The summed E-state index contributed by atoms with van der Waals surface area (Å²) in [4.78, 5) is 27.8. The van der Waals surface area contributed by atoms with Crippen LogP contribution >= 0.6 is 27.5 Å². The van der Waals surface area contributed by atoms with Crippen molar-refractivity contribution in [2.45, 2.75) is 57.7 Å². The second-order valence-electron chi connectivity index (χ2n) is 8.25. The van der Waals surface area contributed by atoms with E-state index in [1.807, 2.05) is 24.3 Å². The number of hydrogen-bond donors (Lipinski definition) is 1. The summed E-state index contributed by atoms with van der Waals surface area (Å²) in [6, 6.07) is 12.1. The molecule has 1 atom stereocenters. The molecule has 0 aliphatic heterocycles. The second kappa shape index (κ2) is 12.3. The molecule has 1 fully saturated rings. The van der Waals surface area contributed by atoms with E-state index in [0.717, 1.165) is 37.0 Å². The molecule has 0 heterocycles. The normalized spacial score (nSPS) is 14.9. The first-order valence-electron chi connectivity index (χ1n) is 11.2. The first-order valence-corrected chi connectivity index (χ1v) is 12.3. The predicted octanol–water partition coefficient (Wildman–Crippen LogP) is 5.36. The number of halogens is 2. The van der Waals surface area contributed by atoms with Crippen LogP contribution in [0, 0.1) is 0 Å². The lowest BCUT2D eigenvalue weighted by molar-refractivity contribution is -0.142. The van der Waals surface area contributed by atoms with Crippen LogP contribution in [0.3, 0.4) is 0 Å². The monoisotopic (exact) mass is 536 g/mol. The van der Waals surface area contributed by atoms with Crippen LogP contribution in [0.5, 0.6) is 11.5 Å². The lowest BCUT2D eigenvalue weighted by Crippen LogP contribution is -2.51.